The van der Waals surface area contributed by atoms with E-state index in [9.17, 15) is 9.32 Å². The van der Waals surface area contributed by atoms with E-state index in [-0.39, 0.29) is 5.41 Å². The number of halogens is 1. The van der Waals surface area contributed by atoms with E-state index < -0.39 is 15.8 Å². The molecule has 0 bridgehead atoms. The van der Waals surface area contributed by atoms with Crippen LogP contribution < -0.4 is 4.90 Å². The summed E-state index contributed by atoms with van der Waals surface area (Å²) in [5.74, 6) is 4.06. The molecule has 6 heteroatoms. The predicted molar refractivity (Wildman–Crippen MR) is 126 cm³/mol. The van der Waals surface area contributed by atoms with Gasteiger partial charge in [-0.1, -0.05) is 42.4 Å². The van der Waals surface area contributed by atoms with Gasteiger partial charge in [0.2, 0.25) is 0 Å². The molecule has 2 aliphatic rings. The van der Waals surface area contributed by atoms with Crippen LogP contribution in [0.4, 0.5) is 5.69 Å². The Morgan fingerprint density at radius 1 is 1.07 bits per heavy atom. The zero-order valence-corrected chi connectivity index (χ0v) is 19.0. The third-order valence-corrected chi connectivity index (χ3v) is 9.40. The number of hydrogen-bond acceptors (Lipinski definition) is 3. The van der Waals surface area contributed by atoms with Crippen LogP contribution in [0.5, 0.6) is 0 Å². The molecule has 2 fully saturated rings. The summed E-state index contributed by atoms with van der Waals surface area (Å²) in [6, 6.07) is 15.4. The van der Waals surface area contributed by atoms with Gasteiger partial charge in [0.25, 0.3) is 0 Å². The molecule has 0 aliphatic carbocycles. The number of nitrogens with zero attached hydrogens (tertiary/aromatic N) is 2. The molecular formula is C24H29ClN2O2S. The summed E-state index contributed by atoms with van der Waals surface area (Å²) in [6.07, 6.45) is 2.39. The molecular weight excluding hydrogens is 416 g/mol. The molecule has 0 saturated carbocycles. The lowest BCUT2D eigenvalue weighted by Gasteiger charge is -2.41. The summed E-state index contributed by atoms with van der Waals surface area (Å²) in [5.41, 5.74) is 3.20. The molecule has 2 saturated heterocycles. The van der Waals surface area contributed by atoms with E-state index in [0.29, 0.717) is 23.0 Å². The lowest BCUT2D eigenvalue weighted by atomic mass is 9.76. The fourth-order valence-electron chi connectivity index (χ4n) is 4.70. The van der Waals surface area contributed by atoms with Crippen LogP contribution in [0.1, 0.15) is 37.9 Å². The number of rotatable bonds is 4. The van der Waals surface area contributed by atoms with Crippen molar-refractivity contribution in [2.75, 3.05) is 24.5 Å². The van der Waals surface area contributed by atoms with Crippen LogP contribution in [-0.2, 0) is 9.71 Å². The molecule has 1 N–H and O–H groups in total. The highest BCUT2D eigenvalue weighted by Gasteiger charge is 2.45. The van der Waals surface area contributed by atoms with E-state index in [2.05, 4.69) is 29.5 Å². The van der Waals surface area contributed by atoms with E-state index in [0.717, 1.165) is 42.8 Å². The van der Waals surface area contributed by atoms with Gasteiger partial charge in [-0.15, -0.1) is 0 Å². The number of aliphatic hydroxyl groups excluding tert-OH is 1. The summed E-state index contributed by atoms with van der Waals surface area (Å²) in [6.45, 7) is 8.58. The van der Waals surface area contributed by atoms with Crippen LogP contribution in [0.2, 0.25) is 5.02 Å². The zero-order valence-electron chi connectivity index (χ0n) is 17.4. The number of aliphatic hydroxyl groups is 1. The van der Waals surface area contributed by atoms with Crippen molar-refractivity contribution < 1.29 is 9.32 Å². The van der Waals surface area contributed by atoms with Crippen molar-refractivity contribution in [3.63, 3.8) is 0 Å². The number of anilines is 1. The summed E-state index contributed by atoms with van der Waals surface area (Å²) >= 11 is 6.31. The average Bonchev–Trinajstić information content (AvgIpc) is 3.04. The molecule has 2 aromatic rings. The smallest absolute Gasteiger partial charge is 0.0761 e. The van der Waals surface area contributed by atoms with E-state index in [1.807, 2.05) is 34.6 Å². The number of allylic oxidation sites excluding steroid dienone is 1. The van der Waals surface area contributed by atoms with Crippen LogP contribution >= 0.6 is 11.6 Å². The summed E-state index contributed by atoms with van der Waals surface area (Å²) in [7, 11) is -2.60. The van der Waals surface area contributed by atoms with Gasteiger partial charge in [-0.05, 0) is 61.9 Å². The van der Waals surface area contributed by atoms with Crippen LogP contribution in [0.25, 0.3) is 0 Å². The van der Waals surface area contributed by atoms with E-state index in [1.54, 1.807) is 13.0 Å². The Bertz CT molecular complexity index is 1040. The minimum Gasteiger partial charge on any atom is -0.389 e. The summed E-state index contributed by atoms with van der Waals surface area (Å²) < 4.78 is 15.5. The first-order chi connectivity index (χ1) is 14.2. The van der Waals surface area contributed by atoms with Gasteiger partial charge in [0.1, 0.15) is 0 Å². The maximum atomic E-state index is 13.5. The summed E-state index contributed by atoms with van der Waals surface area (Å²) in [4.78, 5) is 2.91. The fraction of sp³-hybridized carbons (Fsp3) is 0.375. The standard InChI is InChI=1S/C24H29ClN2O2S/c1-18(28)20-8-10-21(11-9-20)27-17-14-24(19(27)2)12-15-26(16-13-24)30(3,29)23-7-5-4-6-22(23)25/h4-11,18,28H,2-3,12-17H2,1H3. The second-order valence-corrected chi connectivity index (χ2v) is 11.0. The van der Waals surface area contributed by atoms with Gasteiger partial charge in [-0.2, -0.15) is 0 Å². The third kappa shape index (κ3) is 3.69. The maximum absolute atomic E-state index is 13.5. The molecule has 4 rings (SSSR count). The molecule has 2 unspecified atom stereocenters. The molecule has 160 valence electrons. The van der Waals surface area contributed by atoms with Gasteiger partial charge in [0, 0.05) is 36.4 Å². The molecule has 2 atom stereocenters. The quantitative estimate of drug-likeness (QED) is 0.683. The first-order valence-electron chi connectivity index (χ1n) is 10.4. The van der Waals surface area contributed by atoms with Crippen LogP contribution in [0.3, 0.4) is 0 Å². The lowest BCUT2D eigenvalue weighted by molar-refractivity contribution is 0.199. The molecule has 4 nitrogen and oxygen atoms in total. The fourth-order valence-corrected chi connectivity index (χ4v) is 6.91. The van der Waals surface area contributed by atoms with Crippen LogP contribution in [0, 0.1) is 5.41 Å². The second-order valence-electron chi connectivity index (χ2n) is 8.40. The SMILES string of the molecule is C=C1N(c2ccc(C(C)O)cc2)CCC12CCN(S(=C)(=O)c1ccccc1Cl)CC2. The Morgan fingerprint density at radius 3 is 2.27 bits per heavy atom. The molecule has 30 heavy (non-hydrogen) atoms. The Balaban J connectivity index is 1.48. The number of piperidine rings is 1. The first kappa shape index (κ1) is 21.4. The van der Waals surface area contributed by atoms with Crippen molar-refractivity contribution in [2.24, 2.45) is 5.41 Å². The molecule has 0 aromatic heterocycles. The van der Waals surface area contributed by atoms with Crippen molar-refractivity contribution in [3.8, 4) is 0 Å². The van der Waals surface area contributed by atoms with Gasteiger partial charge >= 0.3 is 0 Å². The monoisotopic (exact) mass is 444 g/mol. The summed E-state index contributed by atoms with van der Waals surface area (Å²) in [5, 5.41) is 10.3. The molecule has 2 heterocycles. The Kier molecular flexibility index (Phi) is 5.75. The average molecular weight is 445 g/mol. The van der Waals surface area contributed by atoms with Crippen molar-refractivity contribution >= 4 is 32.9 Å². The minimum atomic E-state index is -2.60. The third-order valence-electron chi connectivity index (χ3n) is 6.72. The Labute approximate surface area is 184 Å². The second kappa shape index (κ2) is 8.04. The van der Waals surface area contributed by atoms with E-state index in [1.165, 1.54) is 0 Å². The van der Waals surface area contributed by atoms with Crippen molar-refractivity contribution in [2.45, 2.75) is 37.2 Å². The topological polar surface area (TPSA) is 43.8 Å². The number of benzene rings is 2. The molecule has 2 aromatic carbocycles. The highest BCUT2D eigenvalue weighted by molar-refractivity contribution is 7.98. The minimum absolute atomic E-state index is 0.0371. The lowest BCUT2D eigenvalue weighted by Crippen LogP contribution is -2.43. The molecule has 1 spiro atoms. The van der Waals surface area contributed by atoms with Crippen molar-refractivity contribution in [3.05, 3.63) is 71.4 Å². The van der Waals surface area contributed by atoms with Gasteiger partial charge in [-0.25, -0.2) is 8.51 Å². The first-order valence-corrected chi connectivity index (χ1v) is 12.4. The van der Waals surface area contributed by atoms with Crippen molar-refractivity contribution in [1.82, 2.24) is 4.31 Å². The van der Waals surface area contributed by atoms with Gasteiger partial charge in [-0.3, -0.25) is 0 Å². The predicted octanol–water partition coefficient (Wildman–Crippen LogP) is 4.89. The molecule has 2 aliphatic heterocycles. The van der Waals surface area contributed by atoms with E-state index >= 15 is 0 Å². The van der Waals surface area contributed by atoms with Crippen molar-refractivity contribution in [1.29, 1.82) is 0 Å². The van der Waals surface area contributed by atoms with Gasteiger partial charge in [0.15, 0.2) is 0 Å². The maximum Gasteiger partial charge on any atom is 0.0761 e. The van der Waals surface area contributed by atoms with Crippen LogP contribution in [0.15, 0.2) is 65.7 Å². The van der Waals surface area contributed by atoms with Gasteiger partial charge < -0.3 is 10.0 Å². The molecule has 0 radical (unpaired) electrons. The zero-order chi connectivity index (χ0) is 21.5. The Hall–Kier alpha value is -1.79. The van der Waals surface area contributed by atoms with E-state index in [4.69, 9.17) is 11.6 Å². The highest BCUT2D eigenvalue weighted by atomic mass is 35.5. The largest absolute Gasteiger partial charge is 0.389 e. The number of hydrogen-bond donors (Lipinski definition) is 1. The van der Waals surface area contributed by atoms with Crippen LogP contribution in [-0.4, -0.2) is 39.1 Å². The molecule has 0 amide bonds. The highest BCUT2D eigenvalue weighted by Crippen LogP contribution is 2.49. The van der Waals surface area contributed by atoms with Gasteiger partial charge in [0.05, 0.1) is 25.7 Å². The normalized spacial score (nSPS) is 22.2. The Morgan fingerprint density at radius 2 is 1.67 bits per heavy atom.